The van der Waals surface area contributed by atoms with Gasteiger partial charge in [0, 0.05) is 41.0 Å². The summed E-state index contributed by atoms with van der Waals surface area (Å²) in [4.78, 5) is 0. The van der Waals surface area contributed by atoms with Crippen LogP contribution in [0.5, 0.6) is 0 Å². The van der Waals surface area contributed by atoms with Gasteiger partial charge in [-0.25, -0.2) is 0 Å². The zero-order valence-electron chi connectivity index (χ0n) is 15.0. The first-order valence-electron chi connectivity index (χ1n) is 9.30. The minimum absolute atomic E-state index is 1.24. The van der Waals surface area contributed by atoms with Gasteiger partial charge in [0.15, 0.2) is 0 Å². The molecular weight excluding hydrogens is 324 g/mol. The Labute approximate surface area is 160 Å². The van der Waals surface area contributed by atoms with Crippen molar-refractivity contribution in [3.8, 4) is 0 Å². The minimum atomic E-state index is 1.24. The van der Waals surface area contributed by atoms with Crippen LogP contribution in [0.2, 0.25) is 0 Å². The van der Waals surface area contributed by atoms with E-state index in [2.05, 4.69) is 115 Å². The largest absolute Gasteiger partial charge is 0.0735 e. The summed E-state index contributed by atoms with van der Waals surface area (Å²) in [5, 5.41) is 2.55. The summed E-state index contributed by atoms with van der Waals surface area (Å²) in [5.74, 6) is 1.28. The Bertz CT molecular complexity index is 1150. The number of hydrogen-bond donors (Lipinski definition) is 0. The van der Waals surface area contributed by atoms with Crippen LogP contribution in [0.15, 0.2) is 126 Å². The second-order valence-corrected chi connectivity index (χ2v) is 6.79. The third kappa shape index (κ3) is 2.76. The first-order chi connectivity index (χ1) is 13.4. The molecule has 0 heterocycles. The summed E-state index contributed by atoms with van der Waals surface area (Å²) in [6.45, 7) is 0. The van der Waals surface area contributed by atoms with Gasteiger partial charge in [-0.05, 0) is 47.2 Å². The van der Waals surface area contributed by atoms with Crippen molar-refractivity contribution in [1.82, 2.24) is 0 Å². The van der Waals surface area contributed by atoms with Crippen LogP contribution in [0.25, 0.3) is 16.3 Å². The van der Waals surface area contributed by atoms with E-state index in [1.54, 1.807) is 0 Å². The SMILES string of the molecule is C1=CC2=CC=C/C(=C(/c3ccccc3)c3cccc4ccccc34)[C+]2C=C1. The van der Waals surface area contributed by atoms with Crippen molar-refractivity contribution < 1.29 is 0 Å². The summed E-state index contributed by atoms with van der Waals surface area (Å²) in [6.07, 6.45) is 15.2. The predicted octanol–water partition coefficient (Wildman–Crippen LogP) is 6.84. The van der Waals surface area contributed by atoms with Crippen molar-refractivity contribution in [3.63, 3.8) is 0 Å². The fourth-order valence-electron chi connectivity index (χ4n) is 3.95. The van der Waals surface area contributed by atoms with Crippen molar-refractivity contribution in [2.45, 2.75) is 0 Å². The highest BCUT2D eigenvalue weighted by molar-refractivity contribution is 6.00. The molecule has 126 valence electrons. The lowest BCUT2D eigenvalue weighted by molar-refractivity contribution is 1.26. The summed E-state index contributed by atoms with van der Waals surface area (Å²) in [6, 6.07) is 25.9. The van der Waals surface area contributed by atoms with Gasteiger partial charge in [0.25, 0.3) is 0 Å². The number of hydrogen-bond acceptors (Lipinski definition) is 0. The quantitative estimate of drug-likeness (QED) is 0.447. The molecule has 0 saturated heterocycles. The number of fused-ring (bicyclic) bond motifs is 2. The third-order valence-electron chi connectivity index (χ3n) is 5.18. The fraction of sp³-hybridized carbons (Fsp3) is 0. The van der Waals surface area contributed by atoms with E-state index in [4.69, 9.17) is 0 Å². The fourth-order valence-corrected chi connectivity index (χ4v) is 3.95. The highest BCUT2D eigenvalue weighted by Gasteiger charge is 2.28. The molecule has 3 aromatic rings. The molecule has 0 aromatic heterocycles. The van der Waals surface area contributed by atoms with Crippen LogP contribution in [0.4, 0.5) is 0 Å². The molecule has 0 aliphatic heterocycles. The molecule has 2 aliphatic carbocycles. The second kappa shape index (κ2) is 6.66. The molecule has 0 N–H and O–H groups in total. The smallest absolute Gasteiger partial charge is 0.0622 e. The summed E-state index contributed by atoms with van der Waals surface area (Å²) in [5.41, 5.74) is 6.34. The van der Waals surface area contributed by atoms with Crippen LogP contribution in [-0.2, 0) is 0 Å². The average Bonchev–Trinajstić information content (AvgIpc) is 2.75. The Morgan fingerprint density at radius 3 is 2.41 bits per heavy atom. The summed E-state index contributed by atoms with van der Waals surface area (Å²) >= 11 is 0. The standard InChI is InChI=1S/C27H19/c1-2-12-22(13-3-1)27(25-18-8-14-20-10-4-6-16-23(20)25)26-19-9-15-21-11-5-7-17-24(21)26/h1-19H/q+1/b27-25+. The Morgan fingerprint density at radius 2 is 1.48 bits per heavy atom. The molecule has 0 bridgehead atoms. The minimum Gasteiger partial charge on any atom is -0.0622 e. The van der Waals surface area contributed by atoms with Gasteiger partial charge in [-0.1, -0.05) is 54.6 Å². The van der Waals surface area contributed by atoms with Gasteiger partial charge in [-0.3, -0.25) is 0 Å². The molecule has 3 aromatic carbocycles. The van der Waals surface area contributed by atoms with Crippen molar-refractivity contribution >= 4 is 16.3 Å². The topological polar surface area (TPSA) is 0 Å². The molecule has 0 heteroatoms. The zero-order chi connectivity index (χ0) is 18.1. The van der Waals surface area contributed by atoms with E-state index in [0.717, 1.165) is 0 Å². The Hall–Kier alpha value is -3.51. The van der Waals surface area contributed by atoms with E-state index < -0.39 is 0 Å². The molecule has 5 rings (SSSR count). The molecule has 0 amide bonds. The van der Waals surface area contributed by atoms with Gasteiger partial charge >= 0.3 is 0 Å². The Balaban J connectivity index is 1.84. The summed E-state index contributed by atoms with van der Waals surface area (Å²) < 4.78 is 0. The van der Waals surface area contributed by atoms with Crippen molar-refractivity contribution in [1.29, 1.82) is 0 Å². The monoisotopic (exact) mass is 343 g/mol. The average molecular weight is 343 g/mol. The van der Waals surface area contributed by atoms with Gasteiger partial charge < -0.3 is 0 Å². The van der Waals surface area contributed by atoms with Crippen LogP contribution < -0.4 is 0 Å². The molecule has 27 heavy (non-hydrogen) atoms. The van der Waals surface area contributed by atoms with Crippen LogP contribution in [0, 0.1) is 5.92 Å². The molecule has 0 radical (unpaired) electrons. The third-order valence-corrected chi connectivity index (χ3v) is 5.18. The lowest BCUT2D eigenvalue weighted by Crippen LogP contribution is -2.08. The van der Waals surface area contributed by atoms with Gasteiger partial charge in [-0.15, -0.1) is 0 Å². The number of allylic oxidation sites excluding steroid dienone is 9. The van der Waals surface area contributed by atoms with Crippen LogP contribution in [-0.4, -0.2) is 0 Å². The van der Waals surface area contributed by atoms with E-state index in [0.29, 0.717) is 0 Å². The van der Waals surface area contributed by atoms with Crippen LogP contribution >= 0.6 is 0 Å². The van der Waals surface area contributed by atoms with Gasteiger partial charge in [-0.2, -0.15) is 0 Å². The maximum Gasteiger partial charge on any atom is 0.0735 e. The molecule has 0 fully saturated rings. The number of benzene rings is 3. The zero-order valence-corrected chi connectivity index (χ0v) is 15.0. The van der Waals surface area contributed by atoms with Gasteiger partial charge in [0.1, 0.15) is 0 Å². The van der Waals surface area contributed by atoms with Crippen molar-refractivity contribution in [3.05, 3.63) is 144 Å². The lowest BCUT2D eigenvalue weighted by atomic mass is 9.78. The number of rotatable bonds is 2. The van der Waals surface area contributed by atoms with E-state index in [1.165, 1.54) is 44.5 Å². The first kappa shape index (κ1) is 15.7. The Morgan fingerprint density at radius 1 is 0.667 bits per heavy atom. The summed E-state index contributed by atoms with van der Waals surface area (Å²) in [7, 11) is 0. The van der Waals surface area contributed by atoms with Gasteiger partial charge in [0.05, 0.1) is 17.1 Å². The highest BCUT2D eigenvalue weighted by atomic mass is 14.3. The normalized spacial score (nSPS) is 17.0. The maximum atomic E-state index is 2.24. The molecule has 0 unspecified atom stereocenters. The second-order valence-electron chi connectivity index (χ2n) is 6.79. The predicted molar refractivity (Wildman–Crippen MR) is 115 cm³/mol. The van der Waals surface area contributed by atoms with Crippen LogP contribution in [0.3, 0.4) is 0 Å². The van der Waals surface area contributed by atoms with Crippen molar-refractivity contribution in [2.24, 2.45) is 0 Å². The maximum absolute atomic E-state index is 2.24. The van der Waals surface area contributed by atoms with E-state index in [-0.39, 0.29) is 0 Å². The molecule has 0 spiro atoms. The van der Waals surface area contributed by atoms with E-state index >= 15 is 0 Å². The molecule has 0 saturated carbocycles. The lowest BCUT2D eigenvalue weighted by Gasteiger charge is -2.20. The highest BCUT2D eigenvalue weighted by Crippen LogP contribution is 2.41. The first-order valence-corrected chi connectivity index (χ1v) is 9.30. The van der Waals surface area contributed by atoms with Crippen molar-refractivity contribution in [2.75, 3.05) is 0 Å². The van der Waals surface area contributed by atoms with Gasteiger partial charge in [0.2, 0.25) is 0 Å². The van der Waals surface area contributed by atoms with E-state index in [1.807, 2.05) is 0 Å². The molecular formula is C27H19+. The molecule has 0 nitrogen and oxygen atoms in total. The van der Waals surface area contributed by atoms with Crippen LogP contribution in [0.1, 0.15) is 11.1 Å². The molecule has 2 aliphatic rings. The Kier molecular flexibility index (Phi) is 3.88. The van der Waals surface area contributed by atoms with E-state index in [9.17, 15) is 0 Å². The molecule has 0 atom stereocenters.